The Morgan fingerprint density at radius 3 is 2.76 bits per heavy atom. The van der Waals surface area contributed by atoms with Crippen molar-refractivity contribution in [2.75, 3.05) is 6.61 Å². The Kier molecular flexibility index (Phi) is 4.34. The van der Waals surface area contributed by atoms with Crippen molar-refractivity contribution in [1.82, 2.24) is 19.3 Å². The number of nitrogens with one attached hydrogen (secondary N) is 1. The molecule has 3 rings (SSSR count). The van der Waals surface area contributed by atoms with Gasteiger partial charge in [0.2, 0.25) is 0 Å². The second-order valence-corrected chi connectivity index (χ2v) is 5.55. The first-order valence-electron chi connectivity index (χ1n) is 7.52. The fraction of sp³-hybridized carbons (Fsp3) is 0.176. The molecule has 8 nitrogen and oxygen atoms in total. The summed E-state index contributed by atoms with van der Waals surface area (Å²) in [5.41, 5.74) is 2.04. The molecule has 0 spiro atoms. The van der Waals surface area contributed by atoms with Gasteiger partial charge in [0, 0.05) is 25.6 Å². The summed E-state index contributed by atoms with van der Waals surface area (Å²) in [7, 11) is 1.69. The average molecular weight is 340 g/mol. The van der Waals surface area contributed by atoms with E-state index in [-0.39, 0.29) is 5.69 Å². The summed E-state index contributed by atoms with van der Waals surface area (Å²) in [5, 5.41) is 2.16. The molecule has 0 unspecified atom stereocenters. The lowest BCUT2D eigenvalue weighted by Crippen LogP contribution is -2.35. The number of hydrogen-bond acceptors (Lipinski definition) is 5. The Morgan fingerprint density at radius 2 is 2.04 bits per heavy atom. The molecule has 3 aromatic rings. The number of pyridine rings is 1. The van der Waals surface area contributed by atoms with Crippen molar-refractivity contribution in [3.05, 3.63) is 59.8 Å². The number of esters is 1. The van der Waals surface area contributed by atoms with Gasteiger partial charge >= 0.3 is 5.97 Å². The first-order chi connectivity index (χ1) is 11.9. The van der Waals surface area contributed by atoms with Crippen molar-refractivity contribution < 1.29 is 19.1 Å². The van der Waals surface area contributed by atoms with E-state index in [9.17, 15) is 14.4 Å². The minimum Gasteiger partial charge on any atom is -0.451 e. The van der Waals surface area contributed by atoms with E-state index in [1.54, 1.807) is 40.5 Å². The molecule has 1 N–H and O–H groups in total. The Labute approximate surface area is 143 Å². The largest absolute Gasteiger partial charge is 0.451 e. The van der Waals surface area contributed by atoms with Gasteiger partial charge in [0.15, 0.2) is 12.3 Å². The van der Waals surface area contributed by atoms with E-state index in [1.807, 2.05) is 19.1 Å². The summed E-state index contributed by atoms with van der Waals surface area (Å²) in [6.45, 7) is 1.35. The molecule has 0 radical (unpaired) electrons. The zero-order chi connectivity index (χ0) is 18.0. The molecule has 0 aliphatic rings. The minimum absolute atomic E-state index is 0.0900. The SMILES string of the molecule is Cc1ccn2cc(C(=O)OCC(=O)NC(=O)c3cccn3C)nc2c1. The predicted octanol–water partition coefficient (Wildman–Crippen LogP) is 1.09. The lowest BCUT2D eigenvalue weighted by atomic mass is 10.3. The summed E-state index contributed by atoms with van der Waals surface area (Å²) in [4.78, 5) is 39.8. The highest BCUT2D eigenvalue weighted by atomic mass is 16.5. The third-order valence-electron chi connectivity index (χ3n) is 3.59. The van der Waals surface area contributed by atoms with Crippen molar-refractivity contribution in [1.29, 1.82) is 0 Å². The third-order valence-corrected chi connectivity index (χ3v) is 3.59. The standard InChI is InChI=1S/C17H16N4O4/c1-11-5-7-21-9-12(18-14(21)8-11)17(24)25-10-15(22)19-16(23)13-4-3-6-20(13)2/h3-9H,10H2,1-2H3,(H,19,22,23). The van der Waals surface area contributed by atoms with E-state index < -0.39 is 24.4 Å². The van der Waals surface area contributed by atoms with E-state index in [0.29, 0.717) is 11.3 Å². The van der Waals surface area contributed by atoms with Gasteiger partial charge in [0.05, 0.1) is 0 Å². The van der Waals surface area contributed by atoms with Crippen LogP contribution in [-0.2, 0) is 16.6 Å². The number of aromatic nitrogens is 3. The molecule has 128 valence electrons. The van der Waals surface area contributed by atoms with Gasteiger partial charge in [0.1, 0.15) is 11.3 Å². The Balaban J connectivity index is 1.58. The summed E-state index contributed by atoms with van der Waals surface area (Å²) < 4.78 is 8.17. The number of carbonyl (C=O) groups is 3. The molecule has 0 atom stereocenters. The second-order valence-electron chi connectivity index (χ2n) is 5.55. The van der Waals surface area contributed by atoms with Gasteiger partial charge in [-0.05, 0) is 36.8 Å². The fourth-order valence-corrected chi connectivity index (χ4v) is 2.31. The van der Waals surface area contributed by atoms with Crippen LogP contribution in [0, 0.1) is 6.92 Å². The number of imide groups is 1. The molecule has 3 heterocycles. The third kappa shape index (κ3) is 3.57. The van der Waals surface area contributed by atoms with E-state index in [2.05, 4.69) is 10.3 Å². The van der Waals surface area contributed by atoms with Gasteiger partial charge < -0.3 is 13.7 Å². The van der Waals surface area contributed by atoms with E-state index in [4.69, 9.17) is 4.74 Å². The molecule has 8 heteroatoms. The highest BCUT2D eigenvalue weighted by Gasteiger charge is 2.17. The smallest absolute Gasteiger partial charge is 0.359 e. The summed E-state index contributed by atoms with van der Waals surface area (Å²) in [6, 6.07) is 6.96. The molecular weight excluding hydrogens is 324 g/mol. The molecule has 0 aromatic carbocycles. The number of nitrogens with zero attached hydrogens (tertiary/aromatic N) is 3. The quantitative estimate of drug-likeness (QED) is 0.718. The van der Waals surface area contributed by atoms with Crippen molar-refractivity contribution in [3.63, 3.8) is 0 Å². The van der Waals surface area contributed by atoms with E-state index in [0.717, 1.165) is 5.56 Å². The van der Waals surface area contributed by atoms with E-state index in [1.165, 1.54) is 6.20 Å². The van der Waals surface area contributed by atoms with Crippen molar-refractivity contribution in [2.24, 2.45) is 7.05 Å². The van der Waals surface area contributed by atoms with Crippen LogP contribution in [0.3, 0.4) is 0 Å². The number of ether oxygens (including phenoxy) is 1. The Bertz CT molecular complexity index is 970. The normalized spacial score (nSPS) is 10.6. The molecular formula is C17H16N4O4. The molecule has 0 aliphatic heterocycles. The number of imidazole rings is 1. The van der Waals surface area contributed by atoms with Gasteiger partial charge in [-0.3, -0.25) is 14.9 Å². The molecule has 0 saturated carbocycles. The summed E-state index contributed by atoms with van der Waals surface area (Å²) >= 11 is 0. The van der Waals surface area contributed by atoms with Gasteiger partial charge in [-0.15, -0.1) is 0 Å². The first-order valence-corrected chi connectivity index (χ1v) is 7.52. The number of hydrogen-bond donors (Lipinski definition) is 1. The second kappa shape index (κ2) is 6.60. The molecule has 2 amide bonds. The maximum absolute atomic E-state index is 12.0. The maximum Gasteiger partial charge on any atom is 0.359 e. The van der Waals surface area contributed by atoms with Crippen LogP contribution in [0.25, 0.3) is 5.65 Å². The number of amides is 2. The van der Waals surface area contributed by atoms with Crippen molar-refractivity contribution >= 4 is 23.4 Å². The van der Waals surface area contributed by atoms with Gasteiger partial charge in [-0.1, -0.05) is 0 Å². The number of fused-ring (bicyclic) bond motifs is 1. The zero-order valence-corrected chi connectivity index (χ0v) is 13.7. The van der Waals surface area contributed by atoms with Crippen LogP contribution in [0.5, 0.6) is 0 Å². The number of carbonyl (C=O) groups excluding carboxylic acids is 3. The van der Waals surface area contributed by atoms with Gasteiger partial charge in [0.25, 0.3) is 11.8 Å². The topological polar surface area (TPSA) is 94.7 Å². The van der Waals surface area contributed by atoms with Crippen LogP contribution in [0.2, 0.25) is 0 Å². The van der Waals surface area contributed by atoms with Crippen molar-refractivity contribution in [3.8, 4) is 0 Å². The average Bonchev–Trinajstić information content (AvgIpc) is 3.18. The van der Waals surface area contributed by atoms with Crippen LogP contribution >= 0.6 is 0 Å². The summed E-state index contributed by atoms with van der Waals surface area (Å²) in [6.07, 6.45) is 4.98. The molecule has 0 saturated heterocycles. The van der Waals surface area contributed by atoms with Crippen molar-refractivity contribution in [2.45, 2.75) is 6.92 Å². The van der Waals surface area contributed by atoms with Crippen LogP contribution in [0.15, 0.2) is 42.9 Å². The van der Waals surface area contributed by atoms with Gasteiger partial charge in [-0.25, -0.2) is 9.78 Å². The summed E-state index contributed by atoms with van der Waals surface area (Å²) in [5.74, 6) is -2.00. The molecule has 0 aliphatic carbocycles. The van der Waals surface area contributed by atoms with Crippen LogP contribution in [0.1, 0.15) is 26.5 Å². The molecule has 25 heavy (non-hydrogen) atoms. The lowest BCUT2D eigenvalue weighted by Gasteiger charge is -2.05. The van der Waals surface area contributed by atoms with Gasteiger partial charge in [-0.2, -0.15) is 0 Å². The predicted molar refractivity (Wildman–Crippen MR) is 88.1 cm³/mol. The monoisotopic (exact) mass is 340 g/mol. The molecule has 0 bridgehead atoms. The maximum atomic E-state index is 12.0. The van der Waals surface area contributed by atoms with Crippen LogP contribution < -0.4 is 5.32 Å². The zero-order valence-electron chi connectivity index (χ0n) is 13.7. The molecule has 3 aromatic heterocycles. The first kappa shape index (κ1) is 16.4. The number of aryl methyl sites for hydroxylation is 2. The fourth-order valence-electron chi connectivity index (χ4n) is 2.31. The Morgan fingerprint density at radius 1 is 1.24 bits per heavy atom. The Hall–Kier alpha value is -3.42. The minimum atomic E-state index is -0.734. The number of rotatable bonds is 4. The highest BCUT2D eigenvalue weighted by Crippen LogP contribution is 2.08. The van der Waals surface area contributed by atoms with E-state index >= 15 is 0 Å². The highest BCUT2D eigenvalue weighted by molar-refractivity contribution is 6.04. The van der Waals surface area contributed by atoms with Crippen LogP contribution in [0.4, 0.5) is 0 Å². The molecule has 0 fully saturated rings. The lowest BCUT2D eigenvalue weighted by molar-refractivity contribution is -0.123. The van der Waals surface area contributed by atoms with Crippen LogP contribution in [-0.4, -0.2) is 38.3 Å².